The molecule has 0 bridgehead atoms. The number of hydrogen-bond acceptors (Lipinski definition) is 5. The SMILES string of the molecule is CN=C(NCCOCc1ccccc1)NCCc1nc(C(C)C)no1. The number of rotatable bonds is 9. The van der Waals surface area contributed by atoms with Crippen LogP contribution < -0.4 is 10.6 Å². The van der Waals surface area contributed by atoms with Crippen molar-refractivity contribution < 1.29 is 9.26 Å². The molecule has 1 aromatic carbocycles. The van der Waals surface area contributed by atoms with Gasteiger partial charge in [0.1, 0.15) is 0 Å². The Morgan fingerprint density at radius 3 is 2.64 bits per heavy atom. The molecule has 1 heterocycles. The van der Waals surface area contributed by atoms with Crippen LogP contribution in [0.1, 0.15) is 37.0 Å². The van der Waals surface area contributed by atoms with Gasteiger partial charge in [-0.05, 0) is 5.56 Å². The van der Waals surface area contributed by atoms with Crippen molar-refractivity contribution >= 4 is 5.96 Å². The number of guanidine groups is 1. The van der Waals surface area contributed by atoms with Gasteiger partial charge in [0.2, 0.25) is 5.89 Å². The standard InChI is InChI=1S/C18H27N5O2/c1-14(2)17-22-16(25-23-17)9-10-20-18(19-3)21-11-12-24-13-15-7-5-4-6-8-15/h4-8,14H,9-13H2,1-3H3,(H2,19,20,21). The van der Waals surface area contributed by atoms with Gasteiger partial charge >= 0.3 is 0 Å². The maximum absolute atomic E-state index is 5.63. The first-order valence-corrected chi connectivity index (χ1v) is 8.57. The molecule has 0 aliphatic rings. The van der Waals surface area contributed by atoms with E-state index in [1.165, 1.54) is 5.56 Å². The van der Waals surface area contributed by atoms with E-state index in [4.69, 9.17) is 9.26 Å². The average molecular weight is 345 g/mol. The van der Waals surface area contributed by atoms with Crippen LogP contribution in [0.25, 0.3) is 0 Å². The van der Waals surface area contributed by atoms with Crippen molar-refractivity contribution in [1.29, 1.82) is 0 Å². The lowest BCUT2D eigenvalue weighted by Crippen LogP contribution is -2.39. The van der Waals surface area contributed by atoms with Crippen LogP contribution in [0.3, 0.4) is 0 Å². The third-order valence-electron chi connectivity index (χ3n) is 3.51. The van der Waals surface area contributed by atoms with Gasteiger partial charge in [0.15, 0.2) is 11.8 Å². The van der Waals surface area contributed by atoms with Crippen molar-refractivity contribution in [1.82, 2.24) is 20.8 Å². The van der Waals surface area contributed by atoms with E-state index in [1.807, 2.05) is 32.0 Å². The lowest BCUT2D eigenvalue weighted by atomic mass is 10.2. The Balaban J connectivity index is 1.58. The smallest absolute Gasteiger partial charge is 0.228 e. The fourth-order valence-electron chi connectivity index (χ4n) is 2.12. The predicted molar refractivity (Wildman–Crippen MR) is 97.6 cm³/mol. The molecule has 0 spiro atoms. The minimum Gasteiger partial charge on any atom is -0.375 e. The van der Waals surface area contributed by atoms with Gasteiger partial charge < -0.3 is 19.9 Å². The summed E-state index contributed by atoms with van der Waals surface area (Å²) in [6, 6.07) is 10.1. The van der Waals surface area contributed by atoms with Gasteiger partial charge in [0.05, 0.1) is 13.2 Å². The summed E-state index contributed by atoms with van der Waals surface area (Å²) in [6.45, 7) is 6.66. The van der Waals surface area contributed by atoms with Gasteiger partial charge in [-0.1, -0.05) is 49.3 Å². The summed E-state index contributed by atoms with van der Waals surface area (Å²) >= 11 is 0. The second kappa shape index (κ2) is 10.5. The highest BCUT2D eigenvalue weighted by atomic mass is 16.5. The Hall–Kier alpha value is -2.41. The van der Waals surface area contributed by atoms with Crippen molar-refractivity contribution in [2.24, 2.45) is 4.99 Å². The summed E-state index contributed by atoms with van der Waals surface area (Å²) in [7, 11) is 1.74. The van der Waals surface area contributed by atoms with Gasteiger partial charge in [-0.2, -0.15) is 4.98 Å². The molecule has 2 aromatic rings. The van der Waals surface area contributed by atoms with Gasteiger partial charge in [0.25, 0.3) is 0 Å². The van der Waals surface area contributed by atoms with Crippen LogP contribution in [0.5, 0.6) is 0 Å². The first kappa shape index (κ1) is 18.9. The normalized spacial score (nSPS) is 11.8. The Labute approximate surface area is 148 Å². The number of nitrogens with one attached hydrogen (secondary N) is 2. The number of nitrogens with zero attached hydrogens (tertiary/aromatic N) is 3. The number of hydrogen-bond donors (Lipinski definition) is 2. The first-order valence-electron chi connectivity index (χ1n) is 8.57. The van der Waals surface area contributed by atoms with Gasteiger partial charge in [-0.25, -0.2) is 0 Å². The summed E-state index contributed by atoms with van der Waals surface area (Å²) in [5.74, 6) is 2.38. The van der Waals surface area contributed by atoms with E-state index in [2.05, 4.69) is 37.9 Å². The van der Waals surface area contributed by atoms with E-state index in [1.54, 1.807) is 7.05 Å². The molecule has 0 saturated carbocycles. The van der Waals surface area contributed by atoms with Crippen molar-refractivity contribution in [2.75, 3.05) is 26.7 Å². The Morgan fingerprint density at radius 1 is 1.20 bits per heavy atom. The van der Waals surface area contributed by atoms with E-state index in [-0.39, 0.29) is 5.92 Å². The minimum absolute atomic E-state index is 0.274. The molecule has 0 atom stereocenters. The molecular formula is C18H27N5O2. The van der Waals surface area contributed by atoms with Crippen molar-refractivity contribution in [3.8, 4) is 0 Å². The van der Waals surface area contributed by atoms with Gasteiger partial charge in [-0.3, -0.25) is 4.99 Å². The van der Waals surface area contributed by atoms with Crippen LogP contribution in [0, 0.1) is 0 Å². The Morgan fingerprint density at radius 2 is 1.96 bits per heavy atom. The summed E-state index contributed by atoms with van der Waals surface area (Å²) < 4.78 is 10.9. The molecule has 1 aromatic heterocycles. The largest absolute Gasteiger partial charge is 0.375 e. The molecule has 0 aliphatic heterocycles. The maximum Gasteiger partial charge on any atom is 0.228 e. The molecule has 7 nitrogen and oxygen atoms in total. The topological polar surface area (TPSA) is 84.6 Å². The zero-order chi connectivity index (χ0) is 17.9. The predicted octanol–water partition coefficient (Wildman–Crippen LogP) is 2.12. The lowest BCUT2D eigenvalue weighted by molar-refractivity contribution is 0.125. The molecule has 25 heavy (non-hydrogen) atoms. The fraction of sp³-hybridized carbons (Fsp3) is 0.500. The van der Waals surface area contributed by atoms with E-state index in [0.717, 1.165) is 11.8 Å². The zero-order valence-corrected chi connectivity index (χ0v) is 15.2. The summed E-state index contributed by atoms with van der Waals surface area (Å²) in [5, 5.41) is 10.4. The molecule has 7 heteroatoms. The quantitative estimate of drug-likeness (QED) is 0.411. The second-order valence-electron chi connectivity index (χ2n) is 5.91. The van der Waals surface area contributed by atoms with E-state index in [9.17, 15) is 0 Å². The summed E-state index contributed by atoms with van der Waals surface area (Å²) in [4.78, 5) is 8.53. The first-order chi connectivity index (χ1) is 12.2. The van der Waals surface area contributed by atoms with E-state index >= 15 is 0 Å². The highest BCUT2D eigenvalue weighted by Crippen LogP contribution is 2.09. The minimum atomic E-state index is 0.274. The highest BCUT2D eigenvalue weighted by molar-refractivity contribution is 5.79. The van der Waals surface area contributed by atoms with Crippen molar-refractivity contribution in [3.63, 3.8) is 0 Å². The molecule has 136 valence electrons. The van der Waals surface area contributed by atoms with Gasteiger partial charge in [0, 0.05) is 32.5 Å². The third kappa shape index (κ3) is 6.93. The molecule has 0 amide bonds. The van der Waals surface area contributed by atoms with E-state index < -0.39 is 0 Å². The molecule has 0 radical (unpaired) electrons. The number of aromatic nitrogens is 2. The Kier molecular flexibility index (Phi) is 7.91. The van der Waals surface area contributed by atoms with Gasteiger partial charge in [-0.15, -0.1) is 0 Å². The van der Waals surface area contributed by atoms with Crippen molar-refractivity contribution in [2.45, 2.75) is 32.8 Å². The van der Waals surface area contributed by atoms with Crippen LogP contribution in [0.15, 0.2) is 39.8 Å². The molecule has 0 unspecified atom stereocenters. The number of ether oxygens (including phenoxy) is 1. The van der Waals surface area contributed by atoms with Crippen molar-refractivity contribution in [3.05, 3.63) is 47.6 Å². The summed E-state index contributed by atoms with van der Waals surface area (Å²) in [6.07, 6.45) is 0.658. The number of benzene rings is 1. The van der Waals surface area contributed by atoms with Crippen LogP contribution in [-0.4, -0.2) is 42.8 Å². The number of aliphatic imine (C=N–C) groups is 1. The van der Waals surface area contributed by atoms with Crippen LogP contribution in [0.4, 0.5) is 0 Å². The molecule has 0 fully saturated rings. The zero-order valence-electron chi connectivity index (χ0n) is 15.2. The highest BCUT2D eigenvalue weighted by Gasteiger charge is 2.09. The maximum atomic E-state index is 5.63. The third-order valence-corrected chi connectivity index (χ3v) is 3.51. The monoisotopic (exact) mass is 345 g/mol. The van der Waals surface area contributed by atoms with Crippen LogP contribution >= 0.6 is 0 Å². The summed E-state index contributed by atoms with van der Waals surface area (Å²) in [5.41, 5.74) is 1.17. The second-order valence-corrected chi connectivity index (χ2v) is 5.91. The molecule has 0 saturated heterocycles. The fourth-order valence-corrected chi connectivity index (χ4v) is 2.12. The Bertz CT molecular complexity index is 640. The lowest BCUT2D eigenvalue weighted by Gasteiger charge is -2.11. The average Bonchev–Trinajstić information content (AvgIpc) is 3.10. The molecule has 2 N–H and O–H groups in total. The molecular weight excluding hydrogens is 318 g/mol. The van der Waals surface area contributed by atoms with Crippen LogP contribution in [-0.2, 0) is 17.8 Å². The van der Waals surface area contributed by atoms with Crippen LogP contribution in [0.2, 0.25) is 0 Å². The van der Waals surface area contributed by atoms with E-state index in [0.29, 0.717) is 38.6 Å². The molecule has 0 aliphatic carbocycles. The molecule has 2 rings (SSSR count).